The molecule has 3 nitrogen and oxygen atoms in total. The average Bonchev–Trinajstić information content (AvgIpc) is 2.23. The molecule has 0 aromatic heterocycles. The van der Waals surface area contributed by atoms with E-state index in [1.807, 2.05) is 0 Å². The molecule has 0 saturated heterocycles. The maximum atomic E-state index is 13.0. The van der Waals surface area contributed by atoms with Gasteiger partial charge in [0, 0.05) is 14.2 Å². The van der Waals surface area contributed by atoms with Crippen LogP contribution in [0.25, 0.3) is 0 Å². The Balaban J connectivity index is 2.90. The molecule has 0 aliphatic heterocycles. The molecule has 0 bridgehead atoms. The Hall–Kier alpha value is -0.970. The second-order valence-electron chi connectivity index (χ2n) is 3.37. The SMILES string of the molecule is COC(OC)C(N)c1ccc(F)c(C)c1. The highest BCUT2D eigenvalue weighted by Crippen LogP contribution is 2.19. The summed E-state index contributed by atoms with van der Waals surface area (Å²) in [6, 6.07) is 4.31. The van der Waals surface area contributed by atoms with E-state index in [4.69, 9.17) is 15.2 Å². The number of halogens is 1. The van der Waals surface area contributed by atoms with Crippen LogP contribution in [0, 0.1) is 12.7 Å². The predicted molar refractivity (Wildman–Crippen MR) is 55.9 cm³/mol. The van der Waals surface area contributed by atoms with Crippen LogP contribution in [0.4, 0.5) is 4.39 Å². The highest BCUT2D eigenvalue weighted by Gasteiger charge is 2.18. The Bertz CT molecular complexity index is 326. The maximum absolute atomic E-state index is 13.0. The summed E-state index contributed by atoms with van der Waals surface area (Å²) in [7, 11) is 3.04. The number of hydrogen-bond acceptors (Lipinski definition) is 3. The number of hydrogen-bond donors (Lipinski definition) is 1. The van der Waals surface area contributed by atoms with Gasteiger partial charge in [-0.2, -0.15) is 0 Å². The molecule has 0 heterocycles. The average molecular weight is 213 g/mol. The number of ether oxygens (including phenoxy) is 2. The molecule has 84 valence electrons. The van der Waals surface area contributed by atoms with E-state index in [0.29, 0.717) is 5.56 Å². The van der Waals surface area contributed by atoms with Gasteiger partial charge in [0.25, 0.3) is 0 Å². The molecule has 0 spiro atoms. The number of benzene rings is 1. The second-order valence-corrected chi connectivity index (χ2v) is 3.37. The summed E-state index contributed by atoms with van der Waals surface area (Å²) in [5.41, 5.74) is 7.26. The van der Waals surface area contributed by atoms with E-state index in [1.165, 1.54) is 20.3 Å². The first kappa shape index (κ1) is 12.1. The number of nitrogens with two attached hydrogens (primary N) is 1. The molecule has 0 radical (unpaired) electrons. The van der Waals surface area contributed by atoms with Crippen LogP contribution in [-0.4, -0.2) is 20.5 Å². The van der Waals surface area contributed by atoms with Gasteiger partial charge in [-0.05, 0) is 24.1 Å². The first-order valence-corrected chi connectivity index (χ1v) is 4.67. The normalized spacial score (nSPS) is 13.2. The molecular weight excluding hydrogens is 197 g/mol. The van der Waals surface area contributed by atoms with E-state index in [0.717, 1.165) is 5.56 Å². The lowest BCUT2D eigenvalue weighted by Gasteiger charge is -2.21. The third-order valence-electron chi connectivity index (χ3n) is 2.32. The Morgan fingerprint density at radius 1 is 1.27 bits per heavy atom. The summed E-state index contributed by atoms with van der Waals surface area (Å²) in [6.45, 7) is 1.69. The molecule has 4 heteroatoms. The van der Waals surface area contributed by atoms with Crippen molar-refractivity contribution in [1.82, 2.24) is 0 Å². The molecule has 0 saturated carbocycles. The topological polar surface area (TPSA) is 44.5 Å². The lowest BCUT2D eigenvalue weighted by Crippen LogP contribution is -2.29. The Kier molecular flexibility index (Phi) is 4.20. The van der Waals surface area contributed by atoms with Crippen molar-refractivity contribution in [3.8, 4) is 0 Å². The smallest absolute Gasteiger partial charge is 0.175 e. The van der Waals surface area contributed by atoms with Gasteiger partial charge in [0.1, 0.15) is 5.82 Å². The molecule has 1 atom stereocenters. The minimum Gasteiger partial charge on any atom is -0.354 e. The lowest BCUT2D eigenvalue weighted by molar-refractivity contribution is -0.117. The first-order chi connectivity index (χ1) is 7.10. The summed E-state index contributed by atoms with van der Waals surface area (Å²) in [6.07, 6.45) is -0.519. The second kappa shape index (κ2) is 5.21. The predicted octanol–water partition coefficient (Wildman–Crippen LogP) is 1.75. The van der Waals surface area contributed by atoms with E-state index in [9.17, 15) is 4.39 Å². The fourth-order valence-electron chi connectivity index (χ4n) is 1.42. The lowest BCUT2D eigenvalue weighted by atomic mass is 10.0. The van der Waals surface area contributed by atoms with E-state index < -0.39 is 12.3 Å². The molecule has 1 unspecified atom stereocenters. The van der Waals surface area contributed by atoms with Crippen LogP contribution in [0.1, 0.15) is 17.2 Å². The van der Waals surface area contributed by atoms with Crippen molar-refractivity contribution in [2.45, 2.75) is 19.3 Å². The van der Waals surface area contributed by atoms with Gasteiger partial charge in [-0.3, -0.25) is 0 Å². The zero-order valence-electron chi connectivity index (χ0n) is 9.16. The Morgan fingerprint density at radius 2 is 1.87 bits per heavy atom. The first-order valence-electron chi connectivity index (χ1n) is 4.67. The molecule has 1 aromatic rings. The molecule has 0 aliphatic carbocycles. The van der Waals surface area contributed by atoms with Crippen molar-refractivity contribution in [1.29, 1.82) is 0 Å². The highest BCUT2D eigenvalue weighted by molar-refractivity contribution is 5.26. The standard InChI is InChI=1S/C11H16FNO2/c1-7-6-8(4-5-9(7)12)10(13)11(14-2)15-3/h4-6,10-11H,13H2,1-3H3. The van der Waals surface area contributed by atoms with Crippen molar-refractivity contribution in [3.63, 3.8) is 0 Å². The van der Waals surface area contributed by atoms with Crippen LogP contribution in [0.3, 0.4) is 0 Å². The number of aryl methyl sites for hydroxylation is 1. The summed E-state index contributed by atoms with van der Waals surface area (Å²) >= 11 is 0. The van der Waals surface area contributed by atoms with Gasteiger partial charge in [0.05, 0.1) is 6.04 Å². The van der Waals surface area contributed by atoms with Crippen LogP contribution >= 0.6 is 0 Å². The molecule has 1 aromatic carbocycles. The summed E-state index contributed by atoms with van der Waals surface area (Å²) in [5, 5.41) is 0. The molecule has 15 heavy (non-hydrogen) atoms. The van der Waals surface area contributed by atoms with Gasteiger partial charge in [0.15, 0.2) is 6.29 Å². The summed E-state index contributed by atoms with van der Waals surface area (Å²) in [4.78, 5) is 0. The largest absolute Gasteiger partial charge is 0.354 e. The monoisotopic (exact) mass is 213 g/mol. The fraction of sp³-hybridized carbons (Fsp3) is 0.455. The molecule has 0 aliphatic rings. The number of rotatable bonds is 4. The van der Waals surface area contributed by atoms with Crippen LogP contribution in [0.15, 0.2) is 18.2 Å². The molecule has 0 fully saturated rings. The summed E-state index contributed by atoms with van der Waals surface area (Å²) < 4.78 is 23.1. The third-order valence-corrected chi connectivity index (χ3v) is 2.32. The molecule has 2 N–H and O–H groups in total. The van der Waals surface area contributed by atoms with Crippen LogP contribution < -0.4 is 5.73 Å². The molecular formula is C11H16FNO2. The van der Waals surface area contributed by atoms with Gasteiger partial charge in [-0.1, -0.05) is 12.1 Å². The zero-order chi connectivity index (χ0) is 11.4. The minimum absolute atomic E-state index is 0.239. The van der Waals surface area contributed by atoms with Crippen LogP contribution in [0.5, 0.6) is 0 Å². The van der Waals surface area contributed by atoms with Gasteiger partial charge in [0.2, 0.25) is 0 Å². The zero-order valence-corrected chi connectivity index (χ0v) is 9.16. The quantitative estimate of drug-likeness (QED) is 0.775. The van der Waals surface area contributed by atoms with E-state index in [-0.39, 0.29) is 5.82 Å². The van der Waals surface area contributed by atoms with Crippen molar-refractivity contribution in [3.05, 3.63) is 35.1 Å². The Labute approximate surface area is 89.0 Å². The van der Waals surface area contributed by atoms with Gasteiger partial charge >= 0.3 is 0 Å². The Morgan fingerprint density at radius 3 is 2.33 bits per heavy atom. The van der Waals surface area contributed by atoms with E-state index in [1.54, 1.807) is 19.1 Å². The maximum Gasteiger partial charge on any atom is 0.175 e. The summed E-state index contributed by atoms with van der Waals surface area (Å²) in [5.74, 6) is -0.239. The van der Waals surface area contributed by atoms with Gasteiger partial charge in [-0.25, -0.2) is 4.39 Å². The highest BCUT2D eigenvalue weighted by atomic mass is 19.1. The molecule has 1 rings (SSSR count). The van der Waals surface area contributed by atoms with Crippen molar-refractivity contribution in [2.24, 2.45) is 5.73 Å². The number of methoxy groups -OCH3 is 2. The minimum atomic E-state index is -0.519. The molecule has 0 amide bonds. The van der Waals surface area contributed by atoms with Gasteiger partial charge in [-0.15, -0.1) is 0 Å². The van der Waals surface area contributed by atoms with Crippen LogP contribution in [0.2, 0.25) is 0 Å². The third kappa shape index (κ3) is 2.75. The van der Waals surface area contributed by atoms with Crippen molar-refractivity contribution in [2.75, 3.05) is 14.2 Å². The fourth-order valence-corrected chi connectivity index (χ4v) is 1.42. The van der Waals surface area contributed by atoms with Crippen LogP contribution in [-0.2, 0) is 9.47 Å². The van der Waals surface area contributed by atoms with Crippen molar-refractivity contribution >= 4 is 0 Å². The van der Waals surface area contributed by atoms with Gasteiger partial charge < -0.3 is 15.2 Å². The van der Waals surface area contributed by atoms with E-state index >= 15 is 0 Å². The van der Waals surface area contributed by atoms with E-state index in [2.05, 4.69) is 0 Å². The van der Waals surface area contributed by atoms with Crippen molar-refractivity contribution < 1.29 is 13.9 Å².